The van der Waals surface area contributed by atoms with Crippen molar-refractivity contribution in [1.29, 1.82) is 0 Å². The fourth-order valence-corrected chi connectivity index (χ4v) is 4.03. The summed E-state index contributed by atoms with van der Waals surface area (Å²) in [6, 6.07) is 8.25. The van der Waals surface area contributed by atoms with Crippen molar-refractivity contribution in [3.8, 4) is 0 Å². The molecule has 0 radical (unpaired) electrons. The summed E-state index contributed by atoms with van der Waals surface area (Å²) in [6.07, 6.45) is -5.19. The van der Waals surface area contributed by atoms with Crippen LogP contribution in [0.4, 0.5) is 23.2 Å². The van der Waals surface area contributed by atoms with Gasteiger partial charge in [-0.25, -0.2) is 4.39 Å². The molecule has 1 fully saturated rings. The minimum Gasteiger partial charge on any atom is -0.481 e. The smallest absolute Gasteiger partial charge is 0.416 e. The topological polar surface area (TPSA) is 83.5 Å². The highest BCUT2D eigenvalue weighted by atomic mass is 79.9. The molecule has 3 rings (SSSR count). The molecule has 0 aromatic heterocycles. The molecule has 2 N–H and O–H groups in total. The monoisotopic (exact) mass is 501 g/mol. The first-order valence-corrected chi connectivity index (χ1v) is 9.94. The largest absolute Gasteiger partial charge is 0.481 e. The molecule has 1 amide bonds. The fourth-order valence-electron chi connectivity index (χ4n) is 3.76. The minimum absolute atomic E-state index is 0.0724. The highest BCUT2D eigenvalue weighted by molar-refractivity contribution is 9.10. The number of Topliss-reactive ketones (excluding diaryl/α,β-unsaturated/α-hetero) is 1. The number of carboxylic acid groups (broad SMARTS) is 1. The molecule has 0 spiro atoms. The number of carboxylic acids is 1. The van der Waals surface area contributed by atoms with Crippen molar-refractivity contribution in [2.24, 2.45) is 11.8 Å². The molecule has 0 saturated heterocycles. The maximum atomic E-state index is 14.1. The molecule has 3 atom stereocenters. The Kier molecular flexibility index (Phi) is 6.49. The van der Waals surface area contributed by atoms with Gasteiger partial charge in [0, 0.05) is 23.2 Å². The van der Waals surface area contributed by atoms with Gasteiger partial charge in [0.05, 0.1) is 23.1 Å². The van der Waals surface area contributed by atoms with Gasteiger partial charge in [-0.15, -0.1) is 0 Å². The van der Waals surface area contributed by atoms with E-state index in [2.05, 4.69) is 21.2 Å². The van der Waals surface area contributed by atoms with Crippen molar-refractivity contribution in [1.82, 2.24) is 0 Å². The number of aliphatic carboxylic acids is 1. The van der Waals surface area contributed by atoms with Crippen molar-refractivity contribution in [2.45, 2.75) is 24.9 Å². The summed E-state index contributed by atoms with van der Waals surface area (Å²) in [7, 11) is 0. The van der Waals surface area contributed by atoms with E-state index in [-0.39, 0.29) is 24.7 Å². The molecule has 5 nitrogen and oxygen atoms in total. The molecule has 31 heavy (non-hydrogen) atoms. The van der Waals surface area contributed by atoms with Crippen LogP contribution in [-0.4, -0.2) is 22.8 Å². The van der Waals surface area contributed by atoms with Crippen molar-refractivity contribution >= 4 is 39.3 Å². The first-order valence-electron chi connectivity index (χ1n) is 9.15. The zero-order valence-corrected chi connectivity index (χ0v) is 17.3. The number of alkyl halides is 3. The molecular formula is C21H16BrF4NO4. The Balaban J connectivity index is 1.89. The normalized spacial score (nSPS) is 21.6. The average Bonchev–Trinajstić information content (AvgIpc) is 2.68. The van der Waals surface area contributed by atoms with Crippen LogP contribution in [0, 0.1) is 17.7 Å². The van der Waals surface area contributed by atoms with Gasteiger partial charge in [0.15, 0.2) is 0 Å². The molecule has 1 saturated carbocycles. The van der Waals surface area contributed by atoms with Crippen molar-refractivity contribution < 1.29 is 37.1 Å². The number of benzene rings is 2. The molecular weight excluding hydrogens is 486 g/mol. The van der Waals surface area contributed by atoms with Gasteiger partial charge in [0.1, 0.15) is 11.6 Å². The van der Waals surface area contributed by atoms with Crippen LogP contribution in [-0.2, 0) is 20.6 Å². The zero-order chi connectivity index (χ0) is 22.9. The van der Waals surface area contributed by atoms with Crippen LogP contribution in [0.1, 0.15) is 29.9 Å². The van der Waals surface area contributed by atoms with E-state index >= 15 is 0 Å². The Bertz CT molecular complexity index is 1020. The number of hydrogen-bond donors (Lipinski definition) is 2. The van der Waals surface area contributed by atoms with E-state index in [1.54, 1.807) is 24.3 Å². The van der Waals surface area contributed by atoms with Crippen LogP contribution < -0.4 is 5.32 Å². The second-order valence-electron chi connectivity index (χ2n) is 7.26. The first-order chi connectivity index (χ1) is 14.5. The maximum Gasteiger partial charge on any atom is 0.416 e. The predicted molar refractivity (Wildman–Crippen MR) is 106 cm³/mol. The number of halogens is 5. The number of hydrogen-bond acceptors (Lipinski definition) is 3. The lowest BCUT2D eigenvalue weighted by atomic mass is 9.68. The van der Waals surface area contributed by atoms with Gasteiger partial charge in [-0.3, -0.25) is 14.4 Å². The highest BCUT2D eigenvalue weighted by Crippen LogP contribution is 2.41. The Morgan fingerprint density at radius 1 is 1.06 bits per heavy atom. The SMILES string of the molecule is O=C1CC(C(=O)Nc2ccc(C(F)(F)F)cc2F)C(C(=O)O)C(c2ccc(Br)cc2)C1. The van der Waals surface area contributed by atoms with Crippen LogP contribution in [0.2, 0.25) is 0 Å². The molecule has 3 unspecified atom stereocenters. The third-order valence-corrected chi connectivity index (χ3v) is 5.77. The molecule has 2 aromatic carbocycles. The van der Waals surface area contributed by atoms with Gasteiger partial charge < -0.3 is 10.4 Å². The third-order valence-electron chi connectivity index (χ3n) is 5.24. The van der Waals surface area contributed by atoms with Gasteiger partial charge in [0.25, 0.3) is 0 Å². The molecule has 0 aliphatic heterocycles. The first kappa shape index (κ1) is 22.9. The van der Waals surface area contributed by atoms with E-state index in [1.165, 1.54) is 0 Å². The Hall–Kier alpha value is -2.75. The van der Waals surface area contributed by atoms with E-state index in [0.29, 0.717) is 11.6 Å². The molecule has 2 aromatic rings. The van der Waals surface area contributed by atoms with Crippen LogP contribution in [0.5, 0.6) is 0 Å². The van der Waals surface area contributed by atoms with Crippen molar-refractivity contribution in [3.63, 3.8) is 0 Å². The second kappa shape index (κ2) is 8.78. The summed E-state index contributed by atoms with van der Waals surface area (Å²) in [4.78, 5) is 37.1. The van der Waals surface area contributed by atoms with Crippen LogP contribution in [0.25, 0.3) is 0 Å². The quantitative estimate of drug-likeness (QED) is 0.576. The third kappa shape index (κ3) is 5.12. The number of amides is 1. The lowest BCUT2D eigenvalue weighted by Crippen LogP contribution is -2.43. The lowest BCUT2D eigenvalue weighted by molar-refractivity contribution is -0.150. The predicted octanol–water partition coefficient (Wildman–Crippen LogP) is 5.01. The van der Waals surface area contributed by atoms with Crippen molar-refractivity contribution in [3.05, 3.63) is 63.9 Å². The molecule has 0 heterocycles. The maximum absolute atomic E-state index is 14.1. The number of anilines is 1. The molecule has 10 heteroatoms. The molecule has 0 bridgehead atoms. The number of rotatable bonds is 4. The van der Waals surface area contributed by atoms with Gasteiger partial charge in [-0.1, -0.05) is 28.1 Å². The van der Waals surface area contributed by atoms with Crippen molar-refractivity contribution in [2.75, 3.05) is 5.32 Å². The number of carbonyl (C=O) groups excluding carboxylic acids is 2. The summed E-state index contributed by atoms with van der Waals surface area (Å²) in [5.41, 5.74) is -1.20. The average molecular weight is 502 g/mol. The van der Waals surface area contributed by atoms with Gasteiger partial charge in [-0.2, -0.15) is 13.2 Å². The van der Waals surface area contributed by atoms with E-state index in [0.717, 1.165) is 10.5 Å². The van der Waals surface area contributed by atoms with E-state index in [9.17, 15) is 37.1 Å². The number of ketones is 1. The van der Waals surface area contributed by atoms with Gasteiger partial charge in [-0.05, 0) is 35.9 Å². The Morgan fingerprint density at radius 2 is 1.71 bits per heavy atom. The Morgan fingerprint density at radius 3 is 2.26 bits per heavy atom. The number of nitrogens with one attached hydrogen (secondary N) is 1. The van der Waals surface area contributed by atoms with E-state index in [1.807, 2.05) is 0 Å². The van der Waals surface area contributed by atoms with E-state index in [4.69, 9.17) is 0 Å². The summed E-state index contributed by atoms with van der Waals surface area (Å²) in [5.74, 6) is -7.25. The van der Waals surface area contributed by atoms with Crippen LogP contribution in [0.3, 0.4) is 0 Å². The number of carbonyl (C=O) groups is 3. The lowest BCUT2D eigenvalue weighted by Gasteiger charge is -2.34. The molecule has 1 aliphatic carbocycles. The summed E-state index contributed by atoms with van der Waals surface area (Å²) in [6.45, 7) is 0. The Labute approximate surface area is 182 Å². The second-order valence-corrected chi connectivity index (χ2v) is 8.17. The fraction of sp³-hybridized carbons (Fsp3) is 0.286. The van der Waals surface area contributed by atoms with Crippen LogP contribution in [0.15, 0.2) is 46.9 Å². The standard InChI is InChI=1S/C21H16BrF4NO4/c22-12-4-1-10(2-5-12)14-8-13(28)9-15(18(14)20(30)31)19(29)27-17-6-3-11(7-16(17)23)21(24,25)26/h1-7,14-15,18H,8-9H2,(H,27,29)(H,30,31). The zero-order valence-electron chi connectivity index (χ0n) is 15.7. The highest BCUT2D eigenvalue weighted by Gasteiger charge is 2.46. The molecule has 1 aliphatic rings. The van der Waals surface area contributed by atoms with Gasteiger partial charge in [0.2, 0.25) is 5.91 Å². The summed E-state index contributed by atoms with van der Waals surface area (Å²) < 4.78 is 53.0. The van der Waals surface area contributed by atoms with E-state index < -0.39 is 52.9 Å². The molecule has 164 valence electrons. The van der Waals surface area contributed by atoms with Crippen LogP contribution >= 0.6 is 15.9 Å². The summed E-state index contributed by atoms with van der Waals surface area (Å²) >= 11 is 3.27. The van der Waals surface area contributed by atoms with Gasteiger partial charge >= 0.3 is 12.1 Å². The summed E-state index contributed by atoms with van der Waals surface area (Å²) in [5, 5.41) is 11.9. The minimum atomic E-state index is -4.76.